The topological polar surface area (TPSA) is 82.8 Å². The molecule has 0 saturated carbocycles. The summed E-state index contributed by atoms with van der Waals surface area (Å²) in [7, 11) is 0. The van der Waals surface area contributed by atoms with Crippen LogP contribution in [0.5, 0.6) is 0 Å². The van der Waals surface area contributed by atoms with Gasteiger partial charge in [-0.1, -0.05) is 30.3 Å². The van der Waals surface area contributed by atoms with Crippen LogP contribution in [0, 0.1) is 0 Å². The van der Waals surface area contributed by atoms with Crippen LogP contribution < -0.4 is 11.1 Å². The van der Waals surface area contributed by atoms with Crippen molar-refractivity contribution in [3.05, 3.63) is 35.9 Å². The Labute approximate surface area is 137 Å². The first-order valence-corrected chi connectivity index (χ1v) is 7.07. The molecule has 0 aromatic heterocycles. The summed E-state index contributed by atoms with van der Waals surface area (Å²) in [4.78, 5) is 10.8. The van der Waals surface area contributed by atoms with Gasteiger partial charge in [0.1, 0.15) is 0 Å². The predicted octanol–water partition coefficient (Wildman–Crippen LogP) is 0.733. The third kappa shape index (κ3) is 11.5. The van der Waals surface area contributed by atoms with Gasteiger partial charge in [-0.2, -0.15) is 0 Å². The Balaban J connectivity index is 0.00000441. The number of nitrogens with two attached hydrogens (primary N) is 1. The van der Waals surface area contributed by atoms with E-state index in [9.17, 15) is 4.79 Å². The third-order valence-corrected chi connectivity index (χ3v) is 2.61. The van der Waals surface area contributed by atoms with E-state index in [4.69, 9.17) is 19.9 Å². The number of hydrogen-bond donors (Lipinski definition) is 2. The molecule has 3 N–H and O–H groups in total. The lowest BCUT2D eigenvalue weighted by molar-refractivity contribution is -0.120. The minimum absolute atomic E-state index is 0. The van der Waals surface area contributed by atoms with E-state index >= 15 is 0 Å². The van der Waals surface area contributed by atoms with Crippen molar-refractivity contribution in [2.75, 3.05) is 46.1 Å². The molecule has 0 saturated heterocycles. The largest absolute Gasteiger partial charge is 0.377 e. The maximum atomic E-state index is 10.8. The van der Waals surface area contributed by atoms with Crippen molar-refractivity contribution >= 4 is 18.3 Å². The summed E-state index contributed by atoms with van der Waals surface area (Å²) >= 11 is 0. The Kier molecular flexibility index (Phi) is 14.0. The highest BCUT2D eigenvalue weighted by molar-refractivity contribution is 5.85. The number of nitrogens with one attached hydrogen (secondary N) is 1. The minimum atomic E-state index is -0.176. The minimum Gasteiger partial charge on any atom is -0.377 e. The fourth-order valence-corrected chi connectivity index (χ4v) is 1.54. The molecule has 0 unspecified atom stereocenters. The van der Waals surface area contributed by atoms with Crippen LogP contribution in [0.25, 0.3) is 0 Å². The first kappa shape index (κ1) is 20.8. The lowest BCUT2D eigenvalue weighted by Gasteiger charge is -2.07. The molecule has 22 heavy (non-hydrogen) atoms. The first-order chi connectivity index (χ1) is 10.3. The summed E-state index contributed by atoms with van der Waals surface area (Å²) in [6, 6.07) is 10.0. The number of carbonyl (C=O) groups is 1. The fourth-order valence-electron chi connectivity index (χ4n) is 1.54. The molecule has 0 aliphatic carbocycles. The number of benzene rings is 1. The van der Waals surface area contributed by atoms with Crippen LogP contribution in [0.1, 0.15) is 5.56 Å². The van der Waals surface area contributed by atoms with Gasteiger partial charge in [-0.05, 0) is 5.56 Å². The molecule has 0 fully saturated rings. The van der Waals surface area contributed by atoms with Crippen molar-refractivity contribution in [1.29, 1.82) is 0 Å². The standard InChI is InChI=1S/C15H24N2O4.ClH/c16-12-15(18)17-6-7-19-8-9-20-10-11-21-13-14-4-2-1-3-5-14;/h1-5H,6-13,16H2,(H,17,18);1H. The lowest BCUT2D eigenvalue weighted by Crippen LogP contribution is -2.32. The fraction of sp³-hybridized carbons (Fsp3) is 0.533. The molecular weight excluding hydrogens is 308 g/mol. The zero-order valence-corrected chi connectivity index (χ0v) is 13.5. The Bertz CT molecular complexity index is 379. The molecule has 1 aromatic rings. The second-order valence-electron chi connectivity index (χ2n) is 4.32. The van der Waals surface area contributed by atoms with E-state index in [0.29, 0.717) is 46.2 Å². The zero-order chi connectivity index (χ0) is 15.2. The molecule has 0 aliphatic heterocycles. The van der Waals surface area contributed by atoms with Crippen molar-refractivity contribution < 1.29 is 19.0 Å². The van der Waals surface area contributed by atoms with Crippen molar-refractivity contribution in [2.45, 2.75) is 6.61 Å². The van der Waals surface area contributed by atoms with Gasteiger partial charge >= 0.3 is 0 Å². The Hall–Kier alpha value is -1.18. The molecule has 0 bridgehead atoms. The van der Waals surface area contributed by atoms with E-state index in [1.54, 1.807) is 0 Å². The van der Waals surface area contributed by atoms with E-state index in [1.165, 1.54) is 0 Å². The molecule has 6 nitrogen and oxygen atoms in total. The summed E-state index contributed by atoms with van der Waals surface area (Å²) in [5.41, 5.74) is 6.30. The Morgan fingerprint density at radius 3 is 2.18 bits per heavy atom. The molecule has 7 heteroatoms. The third-order valence-electron chi connectivity index (χ3n) is 2.61. The molecule has 0 aliphatic rings. The van der Waals surface area contributed by atoms with Gasteiger partial charge in [-0.15, -0.1) is 12.4 Å². The molecule has 0 spiro atoms. The molecule has 126 valence electrons. The smallest absolute Gasteiger partial charge is 0.233 e. The van der Waals surface area contributed by atoms with E-state index in [1.807, 2.05) is 30.3 Å². The van der Waals surface area contributed by atoms with Crippen LogP contribution in [-0.4, -0.2) is 52.0 Å². The molecular formula is C15H25ClN2O4. The highest BCUT2D eigenvalue weighted by Gasteiger charge is 1.96. The van der Waals surface area contributed by atoms with Crippen LogP contribution in [0.3, 0.4) is 0 Å². The van der Waals surface area contributed by atoms with Gasteiger partial charge in [0, 0.05) is 6.54 Å². The normalized spacial score (nSPS) is 10.0. The Morgan fingerprint density at radius 1 is 0.955 bits per heavy atom. The molecule has 1 rings (SSSR count). The number of carbonyl (C=O) groups excluding carboxylic acids is 1. The molecule has 1 aromatic carbocycles. The average molecular weight is 333 g/mol. The monoisotopic (exact) mass is 332 g/mol. The number of amides is 1. The van der Waals surface area contributed by atoms with Gasteiger partial charge in [0.2, 0.25) is 5.91 Å². The van der Waals surface area contributed by atoms with Crippen molar-refractivity contribution in [1.82, 2.24) is 5.32 Å². The summed E-state index contributed by atoms with van der Waals surface area (Å²) in [6.45, 7) is 3.64. The molecule has 0 radical (unpaired) electrons. The first-order valence-electron chi connectivity index (χ1n) is 7.07. The van der Waals surface area contributed by atoms with E-state index in [2.05, 4.69) is 5.32 Å². The second-order valence-corrected chi connectivity index (χ2v) is 4.32. The van der Waals surface area contributed by atoms with Crippen LogP contribution in [0.4, 0.5) is 0 Å². The van der Waals surface area contributed by atoms with E-state index in [-0.39, 0.29) is 24.9 Å². The van der Waals surface area contributed by atoms with Gasteiger partial charge in [0.05, 0.1) is 46.2 Å². The molecule has 0 atom stereocenters. The maximum absolute atomic E-state index is 10.8. The summed E-state index contributed by atoms with van der Waals surface area (Å²) < 4.78 is 16.1. The lowest BCUT2D eigenvalue weighted by atomic mass is 10.2. The van der Waals surface area contributed by atoms with Crippen molar-refractivity contribution in [3.8, 4) is 0 Å². The molecule has 1 amide bonds. The van der Waals surface area contributed by atoms with Gasteiger partial charge in [0.25, 0.3) is 0 Å². The summed E-state index contributed by atoms with van der Waals surface area (Å²) in [5.74, 6) is -0.176. The van der Waals surface area contributed by atoms with Crippen LogP contribution in [0.2, 0.25) is 0 Å². The second kappa shape index (κ2) is 14.7. The SMILES string of the molecule is Cl.NCC(=O)NCCOCCOCCOCc1ccccc1. The van der Waals surface area contributed by atoms with E-state index < -0.39 is 0 Å². The van der Waals surface area contributed by atoms with Gasteiger partial charge < -0.3 is 25.3 Å². The number of rotatable bonds is 12. The van der Waals surface area contributed by atoms with Gasteiger partial charge in [0.15, 0.2) is 0 Å². The average Bonchev–Trinajstić information content (AvgIpc) is 2.53. The van der Waals surface area contributed by atoms with Crippen molar-refractivity contribution in [2.24, 2.45) is 5.73 Å². The summed E-state index contributed by atoms with van der Waals surface area (Å²) in [6.07, 6.45) is 0. The van der Waals surface area contributed by atoms with Gasteiger partial charge in [-0.3, -0.25) is 4.79 Å². The van der Waals surface area contributed by atoms with Crippen LogP contribution in [0.15, 0.2) is 30.3 Å². The number of halogens is 1. The van der Waals surface area contributed by atoms with E-state index in [0.717, 1.165) is 5.56 Å². The quantitative estimate of drug-likeness (QED) is 0.551. The van der Waals surface area contributed by atoms with Crippen molar-refractivity contribution in [3.63, 3.8) is 0 Å². The Morgan fingerprint density at radius 2 is 1.55 bits per heavy atom. The van der Waals surface area contributed by atoms with Crippen LogP contribution in [-0.2, 0) is 25.6 Å². The zero-order valence-electron chi connectivity index (χ0n) is 12.7. The van der Waals surface area contributed by atoms with Gasteiger partial charge in [-0.25, -0.2) is 0 Å². The highest BCUT2D eigenvalue weighted by atomic mass is 35.5. The van der Waals surface area contributed by atoms with Crippen LogP contribution >= 0.6 is 12.4 Å². The highest BCUT2D eigenvalue weighted by Crippen LogP contribution is 1.99. The number of ether oxygens (including phenoxy) is 3. The predicted molar refractivity (Wildman–Crippen MR) is 87.0 cm³/mol. The maximum Gasteiger partial charge on any atom is 0.233 e. The molecule has 0 heterocycles. The summed E-state index contributed by atoms with van der Waals surface area (Å²) in [5, 5.41) is 2.62. The number of hydrogen-bond acceptors (Lipinski definition) is 5.